The fraction of sp³-hybridized carbons (Fsp3) is 0.667. The van der Waals surface area contributed by atoms with Crippen LogP contribution in [0.15, 0.2) is 18.2 Å². The van der Waals surface area contributed by atoms with E-state index in [4.69, 9.17) is 4.74 Å². The monoisotopic (exact) mass is 295 g/mol. The van der Waals surface area contributed by atoms with Crippen LogP contribution in [0.25, 0.3) is 0 Å². The third-order valence-electron chi connectivity index (χ3n) is 4.22. The zero-order valence-electron chi connectivity index (χ0n) is 14.1. The van der Waals surface area contributed by atoms with E-state index in [0.717, 1.165) is 36.9 Å². The van der Waals surface area contributed by atoms with Gasteiger partial charge in [0.1, 0.15) is 5.82 Å². The van der Waals surface area contributed by atoms with Gasteiger partial charge in [-0.2, -0.15) is 0 Å². The molecule has 0 aliphatic heterocycles. The second-order valence-electron chi connectivity index (χ2n) is 5.62. The van der Waals surface area contributed by atoms with Crippen molar-refractivity contribution in [2.24, 2.45) is 0 Å². The first kappa shape index (κ1) is 18.1. The number of hydrogen-bond donors (Lipinski definition) is 1. The largest absolute Gasteiger partial charge is 0.373 e. The van der Waals surface area contributed by atoms with Crippen LogP contribution in [0.5, 0.6) is 0 Å². The number of hydrogen-bond acceptors (Lipinski definition) is 2. The molecule has 0 bridgehead atoms. The molecule has 1 rings (SSSR count). The first-order chi connectivity index (χ1) is 10.0. The molecule has 0 saturated carbocycles. The number of halogens is 1. The molecule has 1 N–H and O–H groups in total. The topological polar surface area (TPSA) is 21.3 Å². The summed E-state index contributed by atoms with van der Waals surface area (Å²) in [7, 11) is 0. The molecule has 0 aliphatic rings. The highest BCUT2D eigenvalue weighted by Gasteiger charge is 2.38. The number of ether oxygens (including phenoxy) is 1. The maximum atomic E-state index is 14.4. The Morgan fingerprint density at radius 2 is 1.86 bits per heavy atom. The summed E-state index contributed by atoms with van der Waals surface area (Å²) in [6, 6.07) is 5.21. The van der Waals surface area contributed by atoms with E-state index in [9.17, 15) is 4.39 Å². The Morgan fingerprint density at radius 3 is 2.38 bits per heavy atom. The lowest BCUT2D eigenvalue weighted by molar-refractivity contribution is -0.0739. The molecule has 0 heterocycles. The van der Waals surface area contributed by atoms with E-state index < -0.39 is 0 Å². The van der Waals surface area contributed by atoms with E-state index in [1.165, 1.54) is 0 Å². The molecule has 3 heteroatoms. The van der Waals surface area contributed by atoms with Gasteiger partial charge in [-0.15, -0.1) is 0 Å². The number of aryl methyl sites for hydroxylation is 1. The maximum absolute atomic E-state index is 14.4. The molecule has 0 spiro atoms. The first-order valence-electron chi connectivity index (χ1n) is 8.17. The number of benzene rings is 1. The summed E-state index contributed by atoms with van der Waals surface area (Å²) < 4.78 is 20.5. The van der Waals surface area contributed by atoms with Crippen molar-refractivity contribution in [3.8, 4) is 0 Å². The van der Waals surface area contributed by atoms with E-state index in [-0.39, 0.29) is 17.5 Å². The second kappa shape index (κ2) is 8.50. The van der Waals surface area contributed by atoms with Crippen LogP contribution in [0.2, 0.25) is 0 Å². The summed E-state index contributed by atoms with van der Waals surface area (Å²) in [5, 5.41) is 3.52. The molecule has 0 amide bonds. The Bertz CT molecular complexity index is 429. The minimum atomic E-state index is -0.363. The van der Waals surface area contributed by atoms with E-state index >= 15 is 0 Å². The van der Waals surface area contributed by atoms with Gasteiger partial charge >= 0.3 is 0 Å². The molecule has 120 valence electrons. The van der Waals surface area contributed by atoms with Crippen LogP contribution >= 0.6 is 0 Å². The summed E-state index contributed by atoms with van der Waals surface area (Å²) in [6.45, 7) is 11.9. The molecule has 0 aliphatic carbocycles. The Balaban J connectivity index is 3.28. The highest BCUT2D eigenvalue weighted by molar-refractivity contribution is 5.29. The third-order valence-corrected chi connectivity index (χ3v) is 4.22. The summed E-state index contributed by atoms with van der Waals surface area (Å²) >= 11 is 0. The Hall–Kier alpha value is -0.930. The van der Waals surface area contributed by atoms with Crippen molar-refractivity contribution in [3.63, 3.8) is 0 Å². The van der Waals surface area contributed by atoms with Crippen LogP contribution in [0.1, 0.15) is 64.1 Å². The van der Waals surface area contributed by atoms with Crippen LogP contribution in [0.3, 0.4) is 0 Å². The fourth-order valence-electron chi connectivity index (χ4n) is 2.99. The van der Waals surface area contributed by atoms with Crippen molar-refractivity contribution in [2.75, 3.05) is 13.2 Å². The van der Waals surface area contributed by atoms with Gasteiger partial charge in [0, 0.05) is 12.2 Å². The van der Waals surface area contributed by atoms with Gasteiger partial charge in [-0.05, 0) is 45.7 Å². The smallest absolute Gasteiger partial charge is 0.128 e. The van der Waals surface area contributed by atoms with Crippen molar-refractivity contribution < 1.29 is 9.13 Å². The molecule has 0 radical (unpaired) electrons. The van der Waals surface area contributed by atoms with Crippen molar-refractivity contribution >= 4 is 0 Å². The van der Waals surface area contributed by atoms with Gasteiger partial charge in [-0.1, -0.05) is 38.5 Å². The summed E-state index contributed by atoms with van der Waals surface area (Å²) in [5.41, 5.74) is 1.44. The van der Waals surface area contributed by atoms with Gasteiger partial charge in [0.05, 0.1) is 11.6 Å². The van der Waals surface area contributed by atoms with E-state index in [1.54, 1.807) is 6.07 Å². The predicted octanol–water partition coefficient (Wildman–Crippen LogP) is 4.77. The average Bonchev–Trinajstić information content (AvgIpc) is 2.49. The summed E-state index contributed by atoms with van der Waals surface area (Å²) in [6.07, 6.45) is 2.72. The third kappa shape index (κ3) is 4.27. The highest BCUT2D eigenvalue weighted by atomic mass is 19.1. The number of rotatable bonds is 9. The quantitative estimate of drug-likeness (QED) is 0.708. The lowest BCUT2D eigenvalue weighted by Crippen LogP contribution is -2.46. The van der Waals surface area contributed by atoms with Gasteiger partial charge in [-0.3, -0.25) is 0 Å². The van der Waals surface area contributed by atoms with Crippen LogP contribution in [-0.4, -0.2) is 18.8 Å². The van der Waals surface area contributed by atoms with E-state index in [1.807, 2.05) is 26.0 Å². The second-order valence-corrected chi connectivity index (χ2v) is 5.62. The molecule has 21 heavy (non-hydrogen) atoms. The van der Waals surface area contributed by atoms with Crippen LogP contribution in [-0.2, 0) is 4.74 Å². The lowest BCUT2D eigenvalue weighted by atomic mass is 9.83. The molecular formula is C18H30FNO. The molecule has 0 saturated heterocycles. The van der Waals surface area contributed by atoms with Gasteiger partial charge in [0.25, 0.3) is 0 Å². The van der Waals surface area contributed by atoms with Gasteiger partial charge in [-0.25, -0.2) is 4.39 Å². The molecule has 1 unspecified atom stereocenters. The lowest BCUT2D eigenvalue weighted by Gasteiger charge is -2.40. The van der Waals surface area contributed by atoms with E-state index in [0.29, 0.717) is 6.61 Å². The average molecular weight is 295 g/mol. The van der Waals surface area contributed by atoms with Crippen molar-refractivity contribution in [3.05, 3.63) is 35.1 Å². The predicted molar refractivity (Wildman–Crippen MR) is 87.1 cm³/mol. The normalized spacial score (nSPS) is 13.4. The highest BCUT2D eigenvalue weighted by Crippen LogP contribution is 2.37. The summed E-state index contributed by atoms with van der Waals surface area (Å²) in [4.78, 5) is 0. The standard InChI is InChI=1S/C18H30FNO/c1-6-12-20-17(18(7-2,8-3)21-9-4)15-13-14(5)10-11-16(15)19/h10-11,13,17,20H,6-9,12H2,1-5H3. The zero-order valence-corrected chi connectivity index (χ0v) is 14.1. The van der Waals surface area contributed by atoms with Crippen LogP contribution in [0.4, 0.5) is 4.39 Å². The Morgan fingerprint density at radius 1 is 1.19 bits per heavy atom. The van der Waals surface area contributed by atoms with Gasteiger partial charge < -0.3 is 10.1 Å². The molecule has 0 aromatic heterocycles. The Kier molecular flexibility index (Phi) is 7.33. The molecule has 1 aromatic carbocycles. The first-order valence-corrected chi connectivity index (χ1v) is 8.17. The zero-order chi connectivity index (χ0) is 15.9. The fourth-order valence-corrected chi connectivity index (χ4v) is 2.99. The van der Waals surface area contributed by atoms with Crippen LogP contribution < -0.4 is 5.32 Å². The summed E-state index contributed by atoms with van der Waals surface area (Å²) in [5.74, 6) is -0.153. The minimum Gasteiger partial charge on any atom is -0.373 e. The van der Waals surface area contributed by atoms with Gasteiger partial charge in [0.15, 0.2) is 0 Å². The van der Waals surface area contributed by atoms with Gasteiger partial charge in [0.2, 0.25) is 0 Å². The number of nitrogens with one attached hydrogen (secondary N) is 1. The molecule has 0 fully saturated rings. The van der Waals surface area contributed by atoms with Crippen molar-refractivity contribution in [1.29, 1.82) is 0 Å². The molecular weight excluding hydrogens is 265 g/mol. The Labute approximate surface area is 129 Å². The van der Waals surface area contributed by atoms with Crippen molar-refractivity contribution in [1.82, 2.24) is 5.32 Å². The van der Waals surface area contributed by atoms with E-state index in [2.05, 4.69) is 26.1 Å². The van der Waals surface area contributed by atoms with Crippen LogP contribution in [0, 0.1) is 12.7 Å². The maximum Gasteiger partial charge on any atom is 0.128 e. The minimum absolute atomic E-state index is 0.118. The molecule has 2 nitrogen and oxygen atoms in total. The molecule has 1 atom stereocenters. The van der Waals surface area contributed by atoms with Crippen molar-refractivity contribution in [2.45, 2.75) is 65.5 Å². The SMILES string of the molecule is CCCNC(c1cc(C)ccc1F)C(CC)(CC)OCC. The molecule has 1 aromatic rings.